The van der Waals surface area contributed by atoms with Crippen molar-refractivity contribution in [2.45, 2.75) is 19.9 Å². The van der Waals surface area contributed by atoms with Crippen molar-refractivity contribution in [3.8, 4) is 0 Å². The summed E-state index contributed by atoms with van der Waals surface area (Å²) in [6.45, 7) is 2.59. The van der Waals surface area contributed by atoms with Crippen LogP contribution in [0.4, 0.5) is 0 Å². The number of carbonyl (C=O) groups is 1. The van der Waals surface area contributed by atoms with E-state index in [1.807, 2.05) is 6.92 Å². The Balaban J connectivity index is 2.27. The molecule has 18 heavy (non-hydrogen) atoms. The lowest BCUT2D eigenvalue weighted by Gasteiger charge is -2.07. The van der Waals surface area contributed by atoms with Crippen LogP contribution in [0.3, 0.4) is 0 Å². The fourth-order valence-corrected chi connectivity index (χ4v) is 2.30. The van der Waals surface area contributed by atoms with Crippen LogP contribution in [0.5, 0.6) is 0 Å². The third kappa shape index (κ3) is 2.57. The highest BCUT2D eigenvalue weighted by atomic mass is 35.5. The second-order valence-electron chi connectivity index (χ2n) is 3.83. The standard InChI is InChI=1S/C13H12Cl2N2O/c1-2-17-12(6-7-16-17)13(18)8-9-10(14)4-3-5-11(9)15/h3-7H,2,8H2,1H3. The molecule has 0 unspecified atom stereocenters. The fourth-order valence-electron chi connectivity index (χ4n) is 1.77. The van der Waals surface area contributed by atoms with Crippen molar-refractivity contribution in [1.82, 2.24) is 9.78 Å². The van der Waals surface area contributed by atoms with Gasteiger partial charge >= 0.3 is 0 Å². The second-order valence-corrected chi connectivity index (χ2v) is 4.65. The number of aryl methyl sites for hydroxylation is 1. The maximum Gasteiger partial charge on any atom is 0.185 e. The molecule has 3 nitrogen and oxygen atoms in total. The van der Waals surface area contributed by atoms with Gasteiger partial charge in [0.2, 0.25) is 0 Å². The van der Waals surface area contributed by atoms with Crippen LogP contribution < -0.4 is 0 Å². The maximum absolute atomic E-state index is 12.2. The van der Waals surface area contributed by atoms with E-state index in [-0.39, 0.29) is 12.2 Å². The van der Waals surface area contributed by atoms with Crippen LogP contribution in [0.25, 0.3) is 0 Å². The molecule has 0 bridgehead atoms. The summed E-state index contributed by atoms with van der Waals surface area (Å²) in [5, 5.41) is 5.10. The van der Waals surface area contributed by atoms with E-state index in [0.29, 0.717) is 27.8 Å². The summed E-state index contributed by atoms with van der Waals surface area (Å²) >= 11 is 12.1. The average Bonchev–Trinajstić information content (AvgIpc) is 2.82. The maximum atomic E-state index is 12.2. The molecule has 0 saturated heterocycles. The van der Waals surface area contributed by atoms with Crippen molar-refractivity contribution in [2.75, 3.05) is 0 Å². The largest absolute Gasteiger partial charge is 0.292 e. The van der Waals surface area contributed by atoms with E-state index in [1.165, 1.54) is 0 Å². The highest BCUT2D eigenvalue weighted by molar-refractivity contribution is 6.36. The van der Waals surface area contributed by atoms with Crippen molar-refractivity contribution < 1.29 is 4.79 Å². The minimum Gasteiger partial charge on any atom is -0.292 e. The quantitative estimate of drug-likeness (QED) is 0.803. The Bertz CT molecular complexity index is 558. The highest BCUT2D eigenvalue weighted by Crippen LogP contribution is 2.25. The molecule has 0 aliphatic carbocycles. The van der Waals surface area contributed by atoms with Gasteiger partial charge in [-0.2, -0.15) is 5.10 Å². The molecule has 0 spiro atoms. The molecule has 5 heteroatoms. The van der Waals surface area contributed by atoms with Gasteiger partial charge in [-0.1, -0.05) is 29.3 Å². The molecule has 1 aromatic heterocycles. The summed E-state index contributed by atoms with van der Waals surface area (Å²) in [6.07, 6.45) is 1.80. The van der Waals surface area contributed by atoms with E-state index in [2.05, 4.69) is 5.10 Å². The van der Waals surface area contributed by atoms with Crippen molar-refractivity contribution in [1.29, 1.82) is 0 Å². The number of aromatic nitrogens is 2. The summed E-state index contributed by atoms with van der Waals surface area (Å²) in [5.41, 5.74) is 1.24. The zero-order chi connectivity index (χ0) is 13.1. The van der Waals surface area contributed by atoms with E-state index in [4.69, 9.17) is 23.2 Å². The van der Waals surface area contributed by atoms with Crippen LogP contribution in [0, 0.1) is 0 Å². The second kappa shape index (κ2) is 5.55. The van der Waals surface area contributed by atoms with Gasteiger partial charge in [0.05, 0.1) is 0 Å². The lowest BCUT2D eigenvalue weighted by Crippen LogP contribution is -2.12. The first-order chi connectivity index (χ1) is 8.63. The van der Waals surface area contributed by atoms with Gasteiger partial charge < -0.3 is 0 Å². The molecule has 94 valence electrons. The number of rotatable bonds is 4. The lowest BCUT2D eigenvalue weighted by atomic mass is 10.1. The van der Waals surface area contributed by atoms with Crippen molar-refractivity contribution in [3.05, 3.63) is 51.8 Å². The average molecular weight is 283 g/mol. The Labute approximate surface area is 115 Å². The smallest absolute Gasteiger partial charge is 0.185 e. The molecule has 0 amide bonds. The number of hydrogen-bond acceptors (Lipinski definition) is 2. The number of nitrogens with zero attached hydrogens (tertiary/aromatic N) is 2. The number of ketones is 1. The van der Waals surface area contributed by atoms with Gasteiger partial charge in [0.15, 0.2) is 5.78 Å². The Kier molecular flexibility index (Phi) is 4.04. The van der Waals surface area contributed by atoms with Crippen molar-refractivity contribution >= 4 is 29.0 Å². The summed E-state index contributed by atoms with van der Waals surface area (Å²) in [4.78, 5) is 12.2. The fraction of sp³-hybridized carbons (Fsp3) is 0.231. The zero-order valence-electron chi connectivity index (χ0n) is 9.86. The van der Waals surface area contributed by atoms with Gasteiger partial charge in [-0.3, -0.25) is 9.48 Å². The third-order valence-electron chi connectivity index (χ3n) is 2.70. The summed E-state index contributed by atoms with van der Waals surface area (Å²) in [7, 11) is 0. The van der Waals surface area contributed by atoms with E-state index >= 15 is 0 Å². The number of Topliss-reactive ketones (excluding diaryl/α,β-unsaturated/α-hetero) is 1. The van der Waals surface area contributed by atoms with Gasteiger partial charge in [-0.15, -0.1) is 0 Å². The summed E-state index contributed by atoms with van der Waals surface area (Å²) in [5.74, 6) is -0.0376. The third-order valence-corrected chi connectivity index (χ3v) is 3.41. The van der Waals surface area contributed by atoms with Gasteiger partial charge in [0.1, 0.15) is 5.69 Å². The summed E-state index contributed by atoms with van der Waals surface area (Å²) < 4.78 is 1.66. The highest BCUT2D eigenvalue weighted by Gasteiger charge is 2.15. The minimum atomic E-state index is -0.0376. The van der Waals surface area contributed by atoms with Gasteiger partial charge in [-0.25, -0.2) is 0 Å². The predicted molar refractivity (Wildman–Crippen MR) is 72.4 cm³/mol. The monoisotopic (exact) mass is 282 g/mol. The number of carbonyl (C=O) groups excluding carboxylic acids is 1. The van der Waals surface area contributed by atoms with Gasteiger partial charge in [0.25, 0.3) is 0 Å². The normalized spacial score (nSPS) is 10.6. The van der Waals surface area contributed by atoms with Crippen molar-refractivity contribution in [2.24, 2.45) is 0 Å². The molecule has 2 rings (SSSR count). The van der Waals surface area contributed by atoms with Crippen LogP contribution >= 0.6 is 23.2 Å². The van der Waals surface area contributed by atoms with E-state index in [9.17, 15) is 4.79 Å². The molecule has 0 aliphatic heterocycles. The first-order valence-corrected chi connectivity index (χ1v) is 6.37. The first-order valence-electron chi connectivity index (χ1n) is 5.61. The molecule has 2 aromatic rings. The molecular weight excluding hydrogens is 271 g/mol. The molecule has 0 atom stereocenters. The van der Waals surface area contributed by atoms with Crippen LogP contribution in [0.1, 0.15) is 23.0 Å². The van der Waals surface area contributed by atoms with E-state index in [1.54, 1.807) is 35.1 Å². The zero-order valence-corrected chi connectivity index (χ0v) is 11.4. The van der Waals surface area contributed by atoms with E-state index in [0.717, 1.165) is 0 Å². The van der Waals surface area contributed by atoms with Crippen molar-refractivity contribution in [3.63, 3.8) is 0 Å². The Morgan fingerprint density at radius 2 is 1.94 bits per heavy atom. The Hall–Kier alpha value is -1.32. The molecule has 0 radical (unpaired) electrons. The molecule has 0 fully saturated rings. The minimum absolute atomic E-state index is 0.0376. The Morgan fingerprint density at radius 1 is 1.28 bits per heavy atom. The summed E-state index contributed by atoms with van der Waals surface area (Å²) in [6, 6.07) is 6.92. The molecule has 1 aromatic carbocycles. The van der Waals surface area contributed by atoms with Crippen LogP contribution in [-0.4, -0.2) is 15.6 Å². The number of hydrogen-bond donors (Lipinski definition) is 0. The molecule has 0 N–H and O–H groups in total. The number of halogens is 2. The molecule has 0 saturated carbocycles. The van der Waals surface area contributed by atoms with E-state index < -0.39 is 0 Å². The first kappa shape index (κ1) is 13.1. The molecular formula is C13H12Cl2N2O. The predicted octanol–water partition coefficient (Wildman–Crippen LogP) is 3.64. The van der Waals surface area contributed by atoms with Crippen LogP contribution in [-0.2, 0) is 13.0 Å². The van der Waals surface area contributed by atoms with Gasteiger partial charge in [0, 0.05) is 29.2 Å². The van der Waals surface area contributed by atoms with Crippen LogP contribution in [0.2, 0.25) is 10.0 Å². The topological polar surface area (TPSA) is 34.9 Å². The van der Waals surface area contributed by atoms with Crippen LogP contribution in [0.15, 0.2) is 30.5 Å². The SMILES string of the molecule is CCn1nccc1C(=O)Cc1c(Cl)cccc1Cl. The Morgan fingerprint density at radius 3 is 2.56 bits per heavy atom. The number of benzene rings is 1. The molecule has 1 heterocycles. The molecule has 0 aliphatic rings. The lowest BCUT2D eigenvalue weighted by molar-refractivity contribution is 0.0983. The van der Waals surface area contributed by atoms with Gasteiger partial charge in [-0.05, 0) is 30.7 Å².